The molecule has 1 aromatic heterocycles. The highest BCUT2D eigenvalue weighted by molar-refractivity contribution is 5.88. The number of esters is 1. The van der Waals surface area contributed by atoms with Crippen molar-refractivity contribution in [3.05, 3.63) is 18.0 Å². The van der Waals surface area contributed by atoms with E-state index in [9.17, 15) is 4.79 Å². The van der Waals surface area contributed by atoms with Gasteiger partial charge in [-0.3, -0.25) is 4.68 Å². The van der Waals surface area contributed by atoms with Gasteiger partial charge in [0.1, 0.15) is 0 Å². The van der Waals surface area contributed by atoms with Crippen molar-refractivity contribution in [2.45, 2.75) is 6.04 Å². The number of aromatic nitrogens is 2. The Morgan fingerprint density at radius 1 is 1.77 bits per heavy atom. The van der Waals surface area contributed by atoms with E-state index in [1.807, 2.05) is 0 Å². The van der Waals surface area contributed by atoms with E-state index in [-0.39, 0.29) is 12.0 Å². The Morgan fingerprint density at radius 2 is 2.54 bits per heavy atom. The predicted octanol–water partition coefficient (Wildman–Crippen LogP) is 0.241. The molecule has 0 bridgehead atoms. The average molecular weight is 182 g/mol. The highest BCUT2D eigenvalue weighted by Crippen LogP contribution is 2.16. The van der Waals surface area contributed by atoms with E-state index in [1.54, 1.807) is 10.9 Å². The van der Waals surface area contributed by atoms with E-state index in [0.29, 0.717) is 18.8 Å². The second kappa shape index (κ2) is 3.18. The third-order valence-electron chi connectivity index (χ3n) is 2.02. The summed E-state index contributed by atoms with van der Waals surface area (Å²) in [5.74, 6) is -0.355. The van der Waals surface area contributed by atoms with E-state index < -0.39 is 0 Å². The van der Waals surface area contributed by atoms with Crippen molar-refractivity contribution in [1.29, 1.82) is 0 Å². The zero-order valence-electron chi connectivity index (χ0n) is 7.27. The molecule has 0 saturated carbocycles. The summed E-state index contributed by atoms with van der Waals surface area (Å²) in [6, 6.07) is 0.276. The van der Waals surface area contributed by atoms with E-state index >= 15 is 0 Å². The van der Waals surface area contributed by atoms with Crippen LogP contribution in [0.4, 0.5) is 0 Å². The van der Waals surface area contributed by atoms with Crippen molar-refractivity contribution >= 4 is 5.97 Å². The Bertz CT molecular complexity index is 317. The molecule has 1 fully saturated rings. The SMILES string of the molecule is COC(=O)c1cnn(C2COC2)c1. The minimum Gasteiger partial charge on any atom is -0.465 e. The second-order valence-corrected chi connectivity index (χ2v) is 2.89. The molecule has 1 saturated heterocycles. The van der Waals surface area contributed by atoms with Crippen LogP contribution in [0.2, 0.25) is 0 Å². The molecule has 1 aliphatic heterocycles. The van der Waals surface area contributed by atoms with Crippen molar-refractivity contribution in [2.24, 2.45) is 0 Å². The van der Waals surface area contributed by atoms with E-state index in [0.717, 1.165) is 0 Å². The first-order valence-corrected chi connectivity index (χ1v) is 4.01. The number of carbonyl (C=O) groups excluding carboxylic acids is 1. The topological polar surface area (TPSA) is 53.3 Å². The van der Waals surface area contributed by atoms with Gasteiger partial charge in [-0.2, -0.15) is 5.10 Å². The number of hydrogen-bond acceptors (Lipinski definition) is 4. The highest BCUT2D eigenvalue weighted by atomic mass is 16.5. The molecule has 5 nitrogen and oxygen atoms in total. The molecule has 0 aromatic carbocycles. The van der Waals surface area contributed by atoms with Gasteiger partial charge in [-0.25, -0.2) is 4.79 Å². The third-order valence-corrected chi connectivity index (χ3v) is 2.02. The predicted molar refractivity (Wildman–Crippen MR) is 43.4 cm³/mol. The largest absolute Gasteiger partial charge is 0.465 e. The van der Waals surface area contributed by atoms with Crippen LogP contribution in [0.5, 0.6) is 0 Å². The lowest BCUT2D eigenvalue weighted by Gasteiger charge is -2.25. The molecule has 2 rings (SSSR count). The number of carbonyl (C=O) groups is 1. The summed E-state index contributed by atoms with van der Waals surface area (Å²) < 4.78 is 11.3. The minimum atomic E-state index is -0.355. The fraction of sp³-hybridized carbons (Fsp3) is 0.500. The fourth-order valence-electron chi connectivity index (χ4n) is 1.14. The van der Waals surface area contributed by atoms with E-state index in [4.69, 9.17) is 4.74 Å². The van der Waals surface area contributed by atoms with Gasteiger partial charge in [-0.05, 0) is 0 Å². The Hall–Kier alpha value is -1.36. The van der Waals surface area contributed by atoms with Gasteiger partial charge in [0.05, 0.1) is 38.1 Å². The maximum absolute atomic E-state index is 11.0. The molecular weight excluding hydrogens is 172 g/mol. The first kappa shape index (κ1) is 8.25. The summed E-state index contributed by atoms with van der Waals surface area (Å²) >= 11 is 0. The molecule has 0 N–H and O–H groups in total. The van der Waals surface area contributed by atoms with Crippen LogP contribution in [-0.2, 0) is 9.47 Å². The number of methoxy groups -OCH3 is 1. The van der Waals surface area contributed by atoms with Crippen LogP contribution >= 0.6 is 0 Å². The monoisotopic (exact) mass is 182 g/mol. The molecule has 5 heteroatoms. The van der Waals surface area contributed by atoms with Gasteiger partial charge in [-0.15, -0.1) is 0 Å². The minimum absolute atomic E-state index is 0.276. The van der Waals surface area contributed by atoms with Crippen molar-refractivity contribution in [3.8, 4) is 0 Å². The summed E-state index contributed by atoms with van der Waals surface area (Å²) in [7, 11) is 1.35. The van der Waals surface area contributed by atoms with Gasteiger partial charge in [0.15, 0.2) is 0 Å². The van der Waals surface area contributed by atoms with Crippen LogP contribution in [0.3, 0.4) is 0 Å². The molecule has 0 spiro atoms. The van der Waals surface area contributed by atoms with Gasteiger partial charge in [0.25, 0.3) is 0 Å². The number of nitrogens with zero attached hydrogens (tertiary/aromatic N) is 2. The van der Waals surface area contributed by atoms with Gasteiger partial charge < -0.3 is 9.47 Å². The van der Waals surface area contributed by atoms with Crippen molar-refractivity contribution < 1.29 is 14.3 Å². The Labute approximate surface area is 75.2 Å². The smallest absolute Gasteiger partial charge is 0.341 e. The Balaban J connectivity index is 2.12. The molecule has 0 unspecified atom stereocenters. The molecule has 0 radical (unpaired) electrons. The first-order chi connectivity index (χ1) is 6.31. The maximum Gasteiger partial charge on any atom is 0.341 e. The molecule has 2 heterocycles. The van der Waals surface area contributed by atoms with Crippen molar-refractivity contribution in [2.75, 3.05) is 20.3 Å². The number of rotatable bonds is 2. The van der Waals surface area contributed by atoms with Gasteiger partial charge >= 0.3 is 5.97 Å². The third kappa shape index (κ3) is 1.42. The lowest BCUT2D eigenvalue weighted by molar-refractivity contribution is -0.0286. The normalized spacial score (nSPS) is 16.7. The van der Waals surface area contributed by atoms with E-state index in [2.05, 4.69) is 9.84 Å². The zero-order valence-corrected chi connectivity index (χ0v) is 7.27. The molecule has 1 aliphatic rings. The fourth-order valence-corrected chi connectivity index (χ4v) is 1.14. The number of ether oxygens (including phenoxy) is 2. The van der Waals surface area contributed by atoms with Gasteiger partial charge in [0, 0.05) is 6.20 Å². The summed E-state index contributed by atoms with van der Waals surface area (Å²) in [4.78, 5) is 11.0. The second-order valence-electron chi connectivity index (χ2n) is 2.89. The quantitative estimate of drug-likeness (QED) is 0.615. The van der Waals surface area contributed by atoms with Crippen LogP contribution in [0.15, 0.2) is 12.4 Å². The van der Waals surface area contributed by atoms with Gasteiger partial charge in [-0.1, -0.05) is 0 Å². The molecule has 13 heavy (non-hydrogen) atoms. The zero-order chi connectivity index (χ0) is 9.26. The van der Waals surface area contributed by atoms with Crippen LogP contribution < -0.4 is 0 Å². The van der Waals surface area contributed by atoms with Gasteiger partial charge in [0.2, 0.25) is 0 Å². The molecular formula is C8H10N2O3. The lowest BCUT2D eigenvalue weighted by atomic mass is 10.3. The molecule has 0 amide bonds. The summed E-state index contributed by atoms with van der Waals surface area (Å²) in [6.07, 6.45) is 3.18. The molecule has 0 aliphatic carbocycles. The van der Waals surface area contributed by atoms with Crippen LogP contribution in [0.1, 0.15) is 16.4 Å². The summed E-state index contributed by atoms with van der Waals surface area (Å²) in [5, 5.41) is 4.04. The van der Waals surface area contributed by atoms with Crippen LogP contribution in [0, 0.1) is 0 Å². The molecule has 0 atom stereocenters. The number of hydrogen-bond donors (Lipinski definition) is 0. The summed E-state index contributed by atoms with van der Waals surface area (Å²) in [5.41, 5.74) is 0.481. The molecule has 1 aromatic rings. The molecule has 70 valence electrons. The Kier molecular flexibility index (Phi) is 2.02. The Morgan fingerprint density at radius 3 is 3.08 bits per heavy atom. The van der Waals surface area contributed by atoms with Crippen molar-refractivity contribution in [3.63, 3.8) is 0 Å². The standard InChI is InChI=1S/C8H10N2O3/c1-12-8(11)6-2-9-10(3-6)7-4-13-5-7/h2-3,7H,4-5H2,1H3. The summed E-state index contributed by atoms with van der Waals surface area (Å²) in [6.45, 7) is 1.34. The van der Waals surface area contributed by atoms with Crippen LogP contribution in [0.25, 0.3) is 0 Å². The van der Waals surface area contributed by atoms with Crippen LogP contribution in [-0.4, -0.2) is 36.1 Å². The lowest BCUT2D eigenvalue weighted by Crippen LogP contribution is -2.30. The van der Waals surface area contributed by atoms with Crippen molar-refractivity contribution in [1.82, 2.24) is 9.78 Å². The van der Waals surface area contributed by atoms with E-state index in [1.165, 1.54) is 13.3 Å². The maximum atomic E-state index is 11.0. The highest BCUT2D eigenvalue weighted by Gasteiger charge is 2.22. The first-order valence-electron chi connectivity index (χ1n) is 4.01. The average Bonchev–Trinajstić information content (AvgIpc) is 2.49.